The molecule has 0 bridgehead atoms. The smallest absolute Gasteiger partial charge is 0.164 e. The van der Waals surface area contributed by atoms with E-state index in [0.717, 1.165) is 43.3 Å². The van der Waals surface area contributed by atoms with Crippen LogP contribution in [0.1, 0.15) is 29.9 Å². The second kappa shape index (κ2) is 6.35. The third-order valence-electron chi connectivity index (χ3n) is 4.01. The summed E-state index contributed by atoms with van der Waals surface area (Å²) in [6.07, 6.45) is 3.38. The van der Waals surface area contributed by atoms with Crippen LogP contribution in [0.3, 0.4) is 0 Å². The lowest BCUT2D eigenvalue weighted by molar-refractivity contribution is 0.349. The van der Waals surface area contributed by atoms with Gasteiger partial charge in [0.25, 0.3) is 0 Å². The molecule has 1 heterocycles. The summed E-state index contributed by atoms with van der Waals surface area (Å²) in [5.41, 5.74) is 2.63. The Morgan fingerprint density at radius 1 is 1.25 bits per heavy atom. The zero-order chi connectivity index (χ0) is 13.2. The number of aliphatic imine (C=N–C) groups is 1. The summed E-state index contributed by atoms with van der Waals surface area (Å²) in [6, 6.07) is 4.18. The van der Waals surface area contributed by atoms with E-state index in [1.54, 1.807) is 14.2 Å². The molecule has 1 aliphatic carbocycles. The van der Waals surface area contributed by atoms with E-state index in [1.165, 1.54) is 17.5 Å². The molecule has 0 saturated heterocycles. The molecule has 0 saturated carbocycles. The van der Waals surface area contributed by atoms with Gasteiger partial charge in [0, 0.05) is 18.0 Å². The Morgan fingerprint density at radius 3 is 2.75 bits per heavy atom. The normalized spacial score (nSPS) is 20.3. The summed E-state index contributed by atoms with van der Waals surface area (Å²) in [6.45, 7) is 1.86. The Hall–Kier alpha value is -1.42. The number of halogens is 1. The van der Waals surface area contributed by atoms with Gasteiger partial charge in [0.1, 0.15) is 5.84 Å². The Morgan fingerprint density at radius 2 is 2.10 bits per heavy atom. The second-order valence-electron chi connectivity index (χ2n) is 5.01. The lowest BCUT2D eigenvalue weighted by Crippen LogP contribution is -2.28. The molecule has 0 aromatic heterocycles. The molecule has 0 fully saturated rings. The zero-order valence-corrected chi connectivity index (χ0v) is 12.8. The minimum Gasteiger partial charge on any atom is -0.493 e. The van der Waals surface area contributed by atoms with Crippen molar-refractivity contribution in [3.8, 4) is 11.5 Å². The Labute approximate surface area is 126 Å². The van der Waals surface area contributed by atoms with Crippen LogP contribution in [-0.4, -0.2) is 33.1 Å². The van der Waals surface area contributed by atoms with Crippen LogP contribution in [0.5, 0.6) is 11.5 Å². The summed E-state index contributed by atoms with van der Waals surface area (Å²) < 4.78 is 11.0. The fourth-order valence-electron chi connectivity index (χ4n) is 3.16. The van der Waals surface area contributed by atoms with Gasteiger partial charge in [-0.3, -0.25) is 4.99 Å². The van der Waals surface area contributed by atoms with Crippen molar-refractivity contribution in [2.45, 2.75) is 25.2 Å². The van der Waals surface area contributed by atoms with E-state index in [0.29, 0.717) is 5.92 Å². The molecule has 1 aromatic rings. The highest BCUT2D eigenvalue weighted by molar-refractivity contribution is 5.91. The predicted octanol–water partition coefficient (Wildman–Crippen LogP) is 2.55. The molecule has 0 amide bonds. The molecule has 5 heteroatoms. The highest BCUT2D eigenvalue weighted by Gasteiger charge is 2.29. The average molecular weight is 297 g/mol. The fraction of sp³-hybridized carbons (Fsp3) is 0.533. The Kier molecular flexibility index (Phi) is 4.76. The average Bonchev–Trinajstić information content (AvgIpc) is 2.99. The largest absolute Gasteiger partial charge is 0.493 e. The fourth-order valence-corrected chi connectivity index (χ4v) is 3.16. The number of rotatable bonds is 3. The minimum atomic E-state index is 0. The quantitative estimate of drug-likeness (QED) is 0.932. The maximum atomic E-state index is 5.56. The van der Waals surface area contributed by atoms with Crippen LogP contribution in [-0.2, 0) is 6.42 Å². The van der Waals surface area contributed by atoms with Gasteiger partial charge < -0.3 is 14.8 Å². The van der Waals surface area contributed by atoms with Crippen LogP contribution in [0.4, 0.5) is 0 Å². The van der Waals surface area contributed by atoms with Crippen molar-refractivity contribution < 1.29 is 9.47 Å². The van der Waals surface area contributed by atoms with Crippen molar-refractivity contribution >= 4 is 18.2 Å². The lowest BCUT2D eigenvalue weighted by Gasteiger charge is -2.27. The van der Waals surface area contributed by atoms with Crippen molar-refractivity contribution in [3.05, 3.63) is 23.3 Å². The molecule has 1 unspecified atom stereocenters. The summed E-state index contributed by atoms with van der Waals surface area (Å²) in [4.78, 5) is 4.59. The van der Waals surface area contributed by atoms with E-state index in [2.05, 4.69) is 16.4 Å². The number of hydrogen-bond acceptors (Lipinski definition) is 4. The monoisotopic (exact) mass is 296 g/mol. The summed E-state index contributed by atoms with van der Waals surface area (Å²) in [7, 11) is 3.40. The van der Waals surface area contributed by atoms with Crippen LogP contribution >= 0.6 is 12.4 Å². The van der Waals surface area contributed by atoms with Gasteiger partial charge in [-0.1, -0.05) is 6.07 Å². The minimum absolute atomic E-state index is 0. The molecule has 4 nitrogen and oxygen atoms in total. The molecule has 1 aromatic carbocycles. The van der Waals surface area contributed by atoms with Crippen LogP contribution < -0.4 is 14.8 Å². The number of benzene rings is 1. The highest BCUT2D eigenvalue weighted by atomic mass is 35.5. The molecule has 0 radical (unpaired) electrons. The standard InChI is InChI=1S/C15H20N2O2.ClH/c1-18-13-7-6-10-11(14(13)19-2)4-3-5-12(10)15-16-8-9-17-15;/h6-7,12H,3-5,8-9H2,1-2H3,(H,16,17);1H. The number of fused-ring (bicyclic) bond motifs is 1. The van der Waals surface area contributed by atoms with Crippen molar-refractivity contribution in [2.24, 2.45) is 4.99 Å². The molecule has 3 rings (SSSR count). The second-order valence-corrected chi connectivity index (χ2v) is 5.01. The molecule has 1 N–H and O–H groups in total. The van der Waals surface area contributed by atoms with E-state index < -0.39 is 0 Å². The van der Waals surface area contributed by atoms with Gasteiger partial charge in [-0.05, 0) is 30.9 Å². The van der Waals surface area contributed by atoms with Crippen LogP contribution in [0, 0.1) is 0 Å². The maximum absolute atomic E-state index is 5.56. The van der Waals surface area contributed by atoms with E-state index in [-0.39, 0.29) is 12.4 Å². The van der Waals surface area contributed by atoms with Crippen molar-refractivity contribution in [3.63, 3.8) is 0 Å². The van der Waals surface area contributed by atoms with E-state index in [9.17, 15) is 0 Å². The first-order valence-electron chi connectivity index (χ1n) is 6.87. The maximum Gasteiger partial charge on any atom is 0.164 e. The predicted molar refractivity (Wildman–Crippen MR) is 82.8 cm³/mol. The van der Waals surface area contributed by atoms with Gasteiger partial charge in [0.15, 0.2) is 11.5 Å². The number of hydrogen-bond donors (Lipinski definition) is 1. The number of nitrogens with zero attached hydrogens (tertiary/aromatic N) is 1. The van der Waals surface area contributed by atoms with Crippen molar-refractivity contribution in [2.75, 3.05) is 27.3 Å². The Bertz CT molecular complexity index is 517. The Balaban J connectivity index is 0.00000147. The van der Waals surface area contributed by atoms with Gasteiger partial charge in [-0.25, -0.2) is 0 Å². The zero-order valence-electron chi connectivity index (χ0n) is 11.9. The summed E-state index contributed by atoms with van der Waals surface area (Å²) >= 11 is 0. The van der Waals surface area contributed by atoms with Gasteiger partial charge in [-0.15, -0.1) is 12.4 Å². The first-order chi connectivity index (χ1) is 9.35. The van der Waals surface area contributed by atoms with E-state index >= 15 is 0 Å². The van der Waals surface area contributed by atoms with Crippen LogP contribution in [0.25, 0.3) is 0 Å². The molecular formula is C15H21ClN2O2. The molecule has 110 valence electrons. The highest BCUT2D eigenvalue weighted by Crippen LogP contribution is 2.42. The third-order valence-corrected chi connectivity index (χ3v) is 4.01. The molecule has 2 aliphatic rings. The number of nitrogens with one attached hydrogen (secondary N) is 1. The van der Waals surface area contributed by atoms with Gasteiger partial charge >= 0.3 is 0 Å². The van der Waals surface area contributed by atoms with E-state index in [4.69, 9.17) is 9.47 Å². The van der Waals surface area contributed by atoms with Crippen molar-refractivity contribution in [1.82, 2.24) is 5.32 Å². The number of ether oxygens (including phenoxy) is 2. The van der Waals surface area contributed by atoms with Gasteiger partial charge in [-0.2, -0.15) is 0 Å². The first kappa shape index (κ1) is 15.0. The molecule has 20 heavy (non-hydrogen) atoms. The van der Waals surface area contributed by atoms with Crippen molar-refractivity contribution in [1.29, 1.82) is 0 Å². The molecule has 1 aliphatic heterocycles. The molecular weight excluding hydrogens is 276 g/mol. The topological polar surface area (TPSA) is 42.9 Å². The van der Waals surface area contributed by atoms with Crippen LogP contribution in [0.15, 0.2) is 17.1 Å². The van der Waals surface area contributed by atoms with Crippen LogP contribution in [0.2, 0.25) is 0 Å². The third kappa shape index (κ3) is 2.44. The summed E-state index contributed by atoms with van der Waals surface area (Å²) in [5, 5.41) is 3.41. The van der Waals surface area contributed by atoms with Gasteiger partial charge in [0.2, 0.25) is 0 Å². The number of amidine groups is 1. The van der Waals surface area contributed by atoms with Gasteiger partial charge in [0.05, 0.1) is 20.8 Å². The lowest BCUT2D eigenvalue weighted by atomic mass is 9.81. The molecule has 0 spiro atoms. The number of methoxy groups -OCH3 is 2. The van der Waals surface area contributed by atoms with E-state index in [1.807, 2.05) is 6.07 Å². The first-order valence-corrected chi connectivity index (χ1v) is 6.87. The SMILES string of the molecule is COc1ccc2c(c1OC)CCCC2C1=NCCN1.Cl. The molecule has 1 atom stereocenters. The summed E-state index contributed by atoms with van der Waals surface area (Å²) in [5.74, 6) is 3.26.